The number of amides is 1. The minimum Gasteiger partial charge on any atom is -0.325 e. The first kappa shape index (κ1) is 19.5. The van der Waals surface area contributed by atoms with E-state index < -0.39 is 0 Å². The van der Waals surface area contributed by atoms with Crippen LogP contribution in [0, 0.1) is 0 Å². The molecular weight excluding hydrogens is 388 g/mol. The van der Waals surface area contributed by atoms with Crippen molar-refractivity contribution in [3.8, 4) is 11.3 Å². The molecule has 2 atom stereocenters. The summed E-state index contributed by atoms with van der Waals surface area (Å²) < 4.78 is 3.60. The number of benzene rings is 1. The minimum absolute atomic E-state index is 0.0210. The van der Waals surface area contributed by atoms with Gasteiger partial charge in [-0.3, -0.25) is 9.48 Å². The van der Waals surface area contributed by atoms with Crippen LogP contribution in [0.4, 0.5) is 0 Å². The fourth-order valence-electron chi connectivity index (χ4n) is 4.91. The van der Waals surface area contributed by atoms with Crippen LogP contribution in [0.25, 0.3) is 16.9 Å². The predicted octanol–water partition coefficient (Wildman–Crippen LogP) is 4.06. The van der Waals surface area contributed by atoms with Crippen molar-refractivity contribution in [2.45, 2.75) is 45.2 Å². The molecule has 7 nitrogen and oxygen atoms in total. The number of rotatable bonds is 4. The Morgan fingerprint density at radius 3 is 2.61 bits per heavy atom. The first-order valence-corrected chi connectivity index (χ1v) is 10.9. The molecule has 4 aromatic rings. The molecule has 1 aromatic carbocycles. The maximum atomic E-state index is 13.8. The van der Waals surface area contributed by atoms with E-state index in [0.717, 1.165) is 36.2 Å². The Morgan fingerprint density at radius 2 is 1.87 bits per heavy atom. The van der Waals surface area contributed by atoms with Crippen molar-refractivity contribution in [1.29, 1.82) is 0 Å². The highest BCUT2D eigenvalue weighted by atomic mass is 16.2. The lowest BCUT2D eigenvalue weighted by molar-refractivity contribution is 0.0504. The van der Waals surface area contributed by atoms with Crippen LogP contribution in [0.5, 0.6) is 0 Å². The molecule has 0 spiro atoms. The van der Waals surface area contributed by atoms with E-state index in [1.807, 2.05) is 40.9 Å². The summed E-state index contributed by atoms with van der Waals surface area (Å²) in [6.45, 7) is 4.27. The monoisotopic (exact) mass is 414 g/mol. The Bertz CT molecular complexity index is 1240. The minimum atomic E-state index is -0.0800. The molecule has 1 aliphatic rings. The van der Waals surface area contributed by atoms with Gasteiger partial charge in [0.05, 0.1) is 17.4 Å². The highest BCUT2D eigenvalue weighted by molar-refractivity contribution is 5.94. The Labute approximate surface area is 181 Å². The Hall–Kier alpha value is -3.48. The average molecular weight is 415 g/mol. The number of pyridine rings is 1. The second-order valence-electron chi connectivity index (χ2n) is 8.05. The van der Waals surface area contributed by atoms with Crippen LogP contribution in [-0.4, -0.2) is 41.2 Å². The smallest absolute Gasteiger partial charge is 0.273 e. The maximum absolute atomic E-state index is 13.8. The molecule has 3 aromatic heterocycles. The number of hydrogen-bond donors (Lipinski definition) is 0. The second-order valence-corrected chi connectivity index (χ2v) is 8.05. The SMILES string of the molecule is CCC1Cc2c(nn(C)c2-c2ccccc2)C(CC)N1C(=O)c1cccc2ncnn12. The van der Waals surface area contributed by atoms with Crippen LogP contribution in [0.1, 0.15) is 54.5 Å². The van der Waals surface area contributed by atoms with Gasteiger partial charge in [0.1, 0.15) is 12.0 Å². The number of aromatic nitrogens is 5. The average Bonchev–Trinajstić information content (AvgIpc) is 3.41. The quantitative estimate of drug-likeness (QED) is 0.505. The zero-order valence-electron chi connectivity index (χ0n) is 18.1. The van der Waals surface area contributed by atoms with Crippen molar-refractivity contribution in [2.24, 2.45) is 7.05 Å². The van der Waals surface area contributed by atoms with Crippen molar-refractivity contribution in [2.75, 3.05) is 0 Å². The summed E-state index contributed by atoms with van der Waals surface area (Å²) in [5, 5.41) is 9.19. The lowest BCUT2D eigenvalue weighted by Crippen LogP contribution is -2.47. The van der Waals surface area contributed by atoms with Gasteiger partial charge in [-0.1, -0.05) is 50.2 Å². The number of carbonyl (C=O) groups is 1. The van der Waals surface area contributed by atoms with Crippen LogP contribution >= 0.6 is 0 Å². The third-order valence-electron chi connectivity index (χ3n) is 6.32. The van der Waals surface area contributed by atoms with Gasteiger partial charge < -0.3 is 4.90 Å². The highest BCUT2D eigenvalue weighted by Gasteiger charge is 2.40. The standard InChI is InChI=1S/C24H26N6O/c1-4-17-14-18-22(27-28(3)23(18)16-10-7-6-8-11-16)19(5-2)29(17)24(31)20-12-9-13-21-25-15-26-30(20)21/h6-13,15,17,19H,4-5,14H2,1-3H3. The molecule has 1 amide bonds. The number of aryl methyl sites for hydroxylation is 1. The summed E-state index contributed by atoms with van der Waals surface area (Å²) in [7, 11) is 2.00. The number of carbonyl (C=O) groups excluding carboxylic acids is 1. The molecule has 31 heavy (non-hydrogen) atoms. The summed E-state index contributed by atoms with van der Waals surface area (Å²) in [4.78, 5) is 20.1. The van der Waals surface area contributed by atoms with Gasteiger partial charge in [-0.05, 0) is 31.4 Å². The Balaban J connectivity index is 1.63. The number of fused-ring (bicyclic) bond motifs is 2. The van der Waals surface area contributed by atoms with E-state index in [1.54, 1.807) is 4.52 Å². The normalized spacial score (nSPS) is 18.4. The topological polar surface area (TPSA) is 68.3 Å². The first-order chi connectivity index (χ1) is 15.1. The summed E-state index contributed by atoms with van der Waals surface area (Å²) in [5.41, 5.74) is 5.79. The fraction of sp³-hybridized carbons (Fsp3) is 0.333. The molecule has 4 heterocycles. The Kier molecular flexibility index (Phi) is 4.81. The van der Waals surface area contributed by atoms with Crippen molar-refractivity contribution >= 4 is 11.6 Å². The third kappa shape index (κ3) is 3.03. The van der Waals surface area contributed by atoms with Gasteiger partial charge >= 0.3 is 0 Å². The van der Waals surface area contributed by atoms with E-state index in [-0.39, 0.29) is 18.0 Å². The van der Waals surface area contributed by atoms with Gasteiger partial charge in [-0.25, -0.2) is 9.50 Å². The van der Waals surface area contributed by atoms with E-state index >= 15 is 0 Å². The van der Waals surface area contributed by atoms with Gasteiger partial charge in [0.2, 0.25) is 0 Å². The molecule has 158 valence electrons. The molecule has 0 saturated heterocycles. The van der Waals surface area contributed by atoms with Gasteiger partial charge in [-0.15, -0.1) is 0 Å². The van der Waals surface area contributed by atoms with E-state index in [4.69, 9.17) is 5.10 Å². The summed E-state index contributed by atoms with van der Waals surface area (Å²) in [6, 6.07) is 16.0. The summed E-state index contributed by atoms with van der Waals surface area (Å²) in [5.74, 6) is -0.0210. The molecular formula is C24H26N6O. The highest BCUT2D eigenvalue weighted by Crippen LogP contribution is 2.40. The zero-order valence-corrected chi connectivity index (χ0v) is 18.1. The largest absolute Gasteiger partial charge is 0.325 e. The molecule has 0 aliphatic carbocycles. The van der Waals surface area contributed by atoms with Crippen molar-refractivity contribution < 1.29 is 4.79 Å². The summed E-state index contributed by atoms with van der Waals surface area (Å²) >= 11 is 0. The third-order valence-corrected chi connectivity index (χ3v) is 6.32. The molecule has 2 unspecified atom stereocenters. The molecule has 0 radical (unpaired) electrons. The molecule has 1 aliphatic heterocycles. The van der Waals surface area contributed by atoms with Crippen LogP contribution in [0.15, 0.2) is 54.9 Å². The van der Waals surface area contributed by atoms with E-state index in [0.29, 0.717) is 11.3 Å². The van der Waals surface area contributed by atoms with E-state index in [1.165, 1.54) is 11.9 Å². The Morgan fingerprint density at radius 1 is 1.06 bits per heavy atom. The second kappa shape index (κ2) is 7.65. The molecule has 7 heteroatoms. The molecule has 0 fully saturated rings. The van der Waals surface area contributed by atoms with Crippen molar-refractivity contribution in [3.63, 3.8) is 0 Å². The van der Waals surface area contributed by atoms with Crippen LogP contribution in [0.2, 0.25) is 0 Å². The van der Waals surface area contributed by atoms with E-state index in [2.05, 4.69) is 48.2 Å². The molecule has 0 bridgehead atoms. The lowest BCUT2D eigenvalue weighted by Gasteiger charge is -2.41. The predicted molar refractivity (Wildman–Crippen MR) is 119 cm³/mol. The van der Waals surface area contributed by atoms with Crippen molar-refractivity contribution in [3.05, 3.63) is 71.8 Å². The fourth-order valence-corrected chi connectivity index (χ4v) is 4.91. The zero-order chi connectivity index (χ0) is 21.5. The number of nitrogens with zero attached hydrogens (tertiary/aromatic N) is 6. The first-order valence-electron chi connectivity index (χ1n) is 10.9. The van der Waals surface area contributed by atoms with E-state index in [9.17, 15) is 4.79 Å². The van der Waals surface area contributed by atoms with Crippen LogP contribution in [0.3, 0.4) is 0 Å². The van der Waals surface area contributed by atoms with Gasteiger partial charge in [0, 0.05) is 24.2 Å². The van der Waals surface area contributed by atoms with Crippen LogP contribution in [-0.2, 0) is 13.5 Å². The molecule has 5 rings (SSSR count). The summed E-state index contributed by atoms with van der Waals surface area (Å²) in [6.07, 6.45) is 3.95. The lowest BCUT2D eigenvalue weighted by atomic mass is 9.87. The molecule has 0 saturated carbocycles. The molecule has 0 N–H and O–H groups in total. The van der Waals surface area contributed by atoms with Gasteiger partial charge in [0.15, 0.2) is 5.65 Å². The van der Waals surface area contributed by atoms with Crippen LogP contribution < -0.4 is 0 Å². The maximum Gasteiger partial charge on any atom is 0.273 e. The van der Waals surface area contributed by atoms with Crippen molar-refractivity contribution in [1.82, 2.24) is 29.3 Å². The number of hydrogen-bond acceptors (Lipinski definition) is 4. The van der Waals surface area contributed by atoms with Gasteiger partial charge in [-0.2, -0.15) is 10.2 Å². The van der Waals surface area contributed by atoms with Gasteiger partial charge in [0.25, 0.3) is 5.91 Å².